The molecule has 1 N–H and O–H groups in total. The van der Waals surface area contributed by atoms with Crippen molar-refractivity contribution in [1.29, 1.82) is 0 Å². The third kappa shape index (κ3) is 6.21. The molecule has 0 heterocycles. The minimum atomic E-state index is -4.08. The van der Waals surface area contributed by atoms with E-state index in [1.54, 1.807) is 59.5 Å². The summed E-state index contributed by atoms with van der Waals surface area (Å²) in [5.41, 5.74) is 1.81. The van der Waals surface area contributed by atoms with Gasteiger partial charge in [-0.1, -0.05) is 47.5 Å². The van der Waals surface area contributed by atoms with Crippen molar-refractivity contribution in [3.63, 3.8) is 0 Å². The molecule has 0 saturated heterocycles. The number of para-hydroxylation sites is 1. The highest BCUT2D eigenvalue weighted by molar-refractivity contribution is 7.92. The molecule has 0 unspecified atom stereocenters. The lowest BCUT2D eigenvalue weighted by Gasteiger charge is -2.25. The monoisotopic (exact) mass is 513 g/mol. The second-order valence-corrected chi connectivity index (χ2v) is 10.2. The summed E-state index contributed by atoms with van der Waals surface area (Å²) in [4.78, 5) is 27.7. The van der Waals surface area contributed by atoms with Crippen molar-refractivity contribution in [3.05, 3.63) is 88.9 Å². The first-order chi connectivity index (χ1) is 16.7. The van der Waals surface area contributed by atoms with Gasteiger partial charge in [-0.25, -0.2) is 8.42 Å². The van der Waals surface area contributed by atoms with E-state index in [2.05, 4.69) is 5.32 Å². The number of nitrogens with zero attached hydrogens (tertiary/aromatic N) is 2. The van der Waals surface area contributed by atoms with Crippen molar-refractivity contribution >= 4 is 44.8 Å². The molecular weight excluding hydrogens is 486 g/mol. The number of hydrogen-bond donors (Lipinski definition) is 1. The summed E-state index contributed by atoms with van der Waals surface area (Å²) >= 11 is 6.12. The third-order valence-electron chi connectivity index (χ3n) is 5.47. The van der Waals surface area contributed by atoms with Crippen LogP contribution in [-0.2, 0) is 14.8 Å². The van der Waals surface area contributed by atoms with Gasteiger partial charge < -0.3 is 10.2 Å². The lowest BCUT2D eigenvalue weighted by Crippen LogP contribution is -2.38. The molecule has 3 aromatic carbocycles. The fourth-order valence-electron chi connectivity index (χ4n) is 3.56. The summed E-state index contributed by atoms with van der Waals surface area (Å²) in [5.74, 6) is -0.815. The average Bonchev–Trinajstić information content (AvgIpc) is 2.83. The van der Waals surface area contributed by atoms with Crippen LogP contribution in [-0.4, -0.2) is 44.8 Å². The van der Waals surface area contributed by atoms with Crippen LogP contribution >= 0.6 is 11.6 Å². The topological polar surface area (TPSA) is 86.8 Å². The molecule has 35 heavy (non-hydrogen) atoms. The maximum atomic E-state index is 13.5. The number of aryl methyl sites for hydroxylation is 1. The maximum Gasteiger partial charge on any atom is 0.264 e. The molecule has 0 fully saturated rings. The van der Waals surface area contributed by atoms with E-state index in [0.717, 1.165) is 9.87 Å². The Labute approximate surface area is 211 Å². The molecular formula is C26H28ClN3O4S. The van der Waals surface area contributed by atoms with Gasteiger partial charge in [0, 0.05) is 18.1 Å². The van der Waals surface area contributed by atoms with Crippen molar-refractivity contribution in [3.8, 4) is 0 Å². The number of carbonyl (C=O) groups excluding carboxylic acids is 2. The number of anilines is 2. The van der Waals surface area contributed by atoms with Gasteiger partial charge in [-0.15, -0.1) is 0 Å². The highest BCUT2D eigenvalue weighted by atomic mass is 35.5. The Morgan fingerprint density at radius 3 is 2.20 bits per heavy atom. The standard InChI is InChI=1S/C26H28ClN3O4S/c1-4-29(5-2)26(32)23-11-6-7-12-24(23)28-25(31)18-30(21-10-8-9-20(27)17-21)35(33,34)22-15-13-19(3)14-16-22/h6-17H,4-5,18H2,1-3H3,(H,28,31). The van der Waals surface area contributed by atoms with Crippen LogP contribution in [0.15, 0.2) is 77.7 Å². The van der Waals surface area contributed by atoms with Crippen molar-refractivity contribution < 1.29 is 18.0 Å². The average molecular weight is 514 g/mol. The molecule has 0 aromatic heterocycles. The fourth-order valence-corrected chi connectivity index (χ4v) is 5.16. The molecule has 2 amide bonds. The van der Waals surface area contributed by atoms with Crippen LogP contribution in [0.3, 0.4) is 0 Å². The van der Waals surface area contributed by atoms with Crippen LogP contribution in [0.4, 0.5) is 11.4 Å². The molecule has 0 aliphatic heterocycles. The number of nitrogens with one attached hydrogen (secondary N) is 1. The molecule has 0 aliphatic rings. The van der Waals surface area contributed by atoms with Gasteiger partial charge in [0.2, 0.25) is 5.91 Å². The number of halogens is 1. The molecule has 7 nitrogen and oxygen atoms in total. The van der Waals surface area contributed by atoms with Crippen molar-refractivity contribution in [2.75, 3.05) is 29.3 Å². The molecule has 3 rings (SSSR count). The second kappa shape index (κ2) is 11.4. The number of hydrogen-bond acceptors (Lipinski definition) is 4. The highest BCUT2D eigenvalue weighted by Gasteiger charge is 2.28. The van der Waals surface area contributed by atoms with E-state index in [0.29, 0.717) is 29.4 Å². The summed E-state index contributed by atoms with van der Waals surface area (Å²) in [6, 6.07) is 19.3. The zero-order valence-corrected chi connectivity index (χ0v) is 21.4. The largest absolute Gasteiger partial charge is 0.339 e. The van der Waals surface area contributed by atoms with E-state index in [9.17, 15) is 18.0 Å². The SMILES string of the molecule is CCN(CC)C(=O)c1ccccc1NC(=O)CN(c1cccc(Cl)c1)S(=O)(=O)c1ccc(C)cc1. The first kappa shape index (κ1) is 26.2. The minimum absolute atomic E-state index is 0.0491. The molecule has 0 saturated carbocycles. The molecule has 0 atom stereocenters. The van der Waals surface area contributed by atoms with E-state index in [4.69, 9.17) is 11.6 Å². The Morgan fingerprint density at radius 1 is 0.914 bits per heavy atom. The van der Waals surface area contributed by atoms with Crippen LogP contribution in [0.5, 0.6) is 0 Å². The van der Waals surface area contributed by atoms with Crippen molar-refractivity contribution in [1.82, 2.24) is 4.90 Å². The van der Waals surface area contributed by atoms with Crippen LogP contribution < -0.4 is 9.62 Å². The Bertz CT molecular complexity index is 1310. The zero-order chi connectivity index (χ0) is 25.6. The second-order valence-electron chi connectivity index (χ2n) is 7.88. The molecule has 0 spiro atoms. The Balaban J connectivity index is 1.94. The molecule has 9 heteroatoms. The smallest absolute Gasteiger partial charge is 0.264 e. The number of carbonyl (C=O) groups is 2. The number of amides is 2. The predicted octanol–water partition coefficient (Wildman–Crippen LogP) is 4.96. The van der Waals surface area contributed by atoms with Crippen LogP contribution in [0.1, 0.15) is 29.8 Å². The summed E-state index contributed by atoms with van der Waals surface area (Å²) in [6.45, 7) is 6.15. The number of rotatable bonds is 9. The Morgan fingerprint density at radius 2 is 1.57 bits per heavy atom. The Kier molecular flexibility index (Phi) is 8.53. The van der Waals surface area contributed by atoms with Gasteiger partial charge in [0.1, 0.15) is 6.54 Å². The molecule has 3 aromatic rings. The maximum absolute atomic E-state index is 13.5. The molecule has 0 bridgehead atoms. The minimum Gasteiger partial charge on any atom is -0.339 e. The summed E-state index contributed by atoms with van der Waals surface area (Å²) in [7, 11) is -4.08. The first-order valence-electron chi connectivity index (χ1n) is 11.2. The molecule has 184 valence electrons. The van der Waals surface area contributed by atoms with Gasteiger partial charge in [0.25, 0.3) is 15.9 Å². The van der Waals surface area contributed by atoms with Gasteiger partial charge in [0.15, 0.2) is 0 Å². The lowest BCUT2D eigenvalue weighted by molar-refractivity contribution is -0.114. The highest BCUT2D eigenvalue weighted by Crippen LogP contribution is 2.27. The first-order valence-corrected chi connectivity index (χ1v) is 13.0. The number of sulfonamides is 1. The summed E-state index contributed by atoms with van der Waals surface area (Å²) in [5, 5.41) is 3.05. The zero-order valence-electron chi connectivity index (χ0n) is 19.9. The van der Waals surface area contributed by atoms with Gasteiger partial charge in [0.05, 0.1) is 21.8 Å². The van der Waals surface area contributed by atoms with Gasteiger partial charge in [-0.05, 0) is 63.2 Å². The van der Waals surface area contributed by atoms with E-state index in [-0.39, 0.29) is 16.5 Å². The number of benzene rings is 3. The Hall–Kier alpha value is -3.36. The van der Waals surface area contributed by atoms with E-state index >= 15 is 0 Å². The fraction of sp³-hybridized carbons (Fsp3) is 0.231. The summed E-state index contributed by atoms with van der Waals surface area (Å²) in [6.07, 6.45) is 0. The van der Waals surface area contributed by atoms with Crippen LogP contribution in [0.25, 0.3) is 0 Å². The lowest BCUT2D eigenvalue weighted by atomic mass is 10.1. The molecule has 0 aliphatic carbocycles. The van der Waals surface area contributed by atoms with Crippen molar-refractivity contribution in [2.45, 2.75) is 25.7 Å². The van der Waals surface area contributed by atoms with Crippen LogP contribution in [0.2, 0.25) is 5.02 Å². The van der Waals surface area contributed by atoms with Gasteiger partial charge in [-0.2, -0.15) is 0 Å². The quantitative estimate of drug-likeness (QED) is 0.438. The van der Waals surface area contributed by atoms with Crippen molar-refractivity contribution in [2.24, 2.45) is 0 Å². The van der Waals surface area contributed by atoms with E-state index in [1.807, 2.05) is 20.8 Å². The van der Waals surface area contributed by atoms with Crippen LogP contribution in [0, 0.1) is 6.92 Å². The van der Waals surface area contributed by atoms with Gasteiger partial charge in [-0.3, -0.25) is 13.9 Å². The predicted molar refractivity (Wildman–Crippen MR) is 139 cm³/mol. The van der Waals surface area contributed by atoms with E-state index in [1.165, 1.54) is 18.2 Å². The van der Waals surface area contributed by atoms with Gasteiger partial charge >= 0.3 is 0 Å². The summed E-state index contributed by atoms with van der Waals surface area (Å²) < 4.78 is 28.1. The molecule has 0 radical (unpaired) electrons. The third-order valence-corrected chi connectivity index (χ3v) is 7.50. The normalized spacial score (nSPS) is 11.1. The van der Waals surface area contributed by atoms with E-state index < -0.39 is 22.5 Å².